The van der Waals surface area contributed by atoms with Gasteiger partial charge in [-0.2, -0.15) is 0 Å². The fourth-order valence-corrected chi connectivity index (χ4v) is 4.57. The van der Waals surface area contributed by atoms with Crippen LogP contribution in [-0.2, 0) is 11.2 Å². The highest BCUT2D eigenvalue weighted by molar-refractivity contribution is 7.95. The van der Waals surface area contributed by atoms with Crippen molar-refractivity contribution in [3.8, 4) is 17.2 Å². The van der Waals surface area contributed by atoms with Crippen molar-refractivity contribution in [1.29, 1.82) is 0 Å². The van der Waals surface area contributed by atoms with Gasteiger partial charge < -0.3 is 23.5 Å². The lowest BCUT2D eigenvalue weighted by molar-refractivity contribution is -0.130. The van der Waals surface area contributed by atoms with Crippen LogP contribution in [0.5, 0.6) is 17.2 Å². The maximum absolute atomic E-state index is 13.8. The van der Waals surface area contributed by atoms with Crippen molar-refractivity contribution in [2.24, 2.45) is 0 Å². The molecule has 1 heterocycles. The van der Waals surface area contributed by atoms with E-state index in [9.17, 15) is 26.7 Å². The van der Waals surface area contributed by atoms with Crippen LogP contribution in [0.25, 0.3) is 0 Å². The standard InChI is InChI=1S/C26H23F5N2O4S/c1-35-18-8-3-15(13-19(18)36-2)14-20(34)33-11-9-32(10-12-33)16-4-6-17(7-5-16)37-38-26-24(30)22(28)21(27)23(29)25(26)31/h3-8,13H,9-12,14H2,1-2H3. The molecule has 0 N–H and O–H groups in total. The first-order chi connectivity index (χ1) is 18.2. The first-order valence-corrected chi connectivity index (χ1v) is 12.2. The number of benzene rings is 3. The van der Waals surface area contributed by atoms with Crippen molar-refractivity contribution < 1.29 is 40.4 Å². The average Bonchev–Trinajstić information content (AvgIpc) is 2.95. The Morgan fingerprint density at radius 1 is 0.789 bits per heavy atom. The molecule has 0 aliphatic carbocycles. The average molecular weight is 555 g/mol. The van der Waals surface area contributed by atoms with Crippen LogP contribution in [0.1, 0.15) is 5.56 Å². The number of nitrogens with zero attached hydrogens (tertiary/aromatic N) is 2. The lowest BCUT2D eigenvalue weighted by Gasteiger charge is -2.36. The summed E-state index contributed by atoms with van der Waals surface area (Å²) in [7, 11) is 3.08. The Balaban J connectivity index is 1.31. The van der Waals surface area contributed by atoms with Crippen LogP contribution in [0.15, 0.2) is 47.4 Å². The number of rotatable bonds is 8. The zero-order valence-electron chi connectivity index (χ0n) is 20.4. The number of piperazine rings is 1. The van der Waals surface area contributed by atoms with Crippen molar-refractivity contribution in [3.05, 3.63) is 77.1 Å². The Hall–Kier alpha value is -3.67. The molecule has 0 radical (unpaired) electrons. The molecule has 0 atom stereocenters. The van der Waals surface area contributed by atoms with Crippen LogP contribution < -0.4 is 18.6 Å². The molecule has 6 nitrogen and oxygen atoms in total. The lowest BCUT2D eigenvalue weighted by atomic mass is 10.1. The quantitative estimate of drug-likeness (QED) is 0.161. The number of methoxy groups -OCH3 is 2. The number of amides is 1. The molecule has 0 unspecified atom stereocenters. The Bertz CT molecular complexity index is 1290. The first kappa shape index (κ1) is 27.4. The van der Waals surface area contributed by atoms with Crippen LogP contribution in [0, 0.1) is 29.1 Å². The molecule has 1 aliphatic heterocycles. The molecular weight excluding hydrogens is 531 g/mol. The molecule has 38 heavy (non-hydrogen) atoms. The Labute approximate surface area is 220 Å². The van der Waals surface area contributed by atoms with Crippen molar-refractivity contribution in [3.63, 3.8) is 0 Å². The fraction of sp³-hybridized carbons (Fsp3) is 0.269. The molecule has 0 spiro atoms. The zero-order valence-corrected chi connectivity index (χ0v) is 21.2. The summed E-state index contributed by atoms with van der Waals surface area (Å²) >= 11 is 0.0443. The van der Waals surface area contributed by atoms with Crippen LogP contribution in [0.3, 0.4) is 0 Å². The third kappa shape index (κ3) is 5.74. The maximum Gasteiger partial charge on any atom is 0.227 e. The Morgan fingerprint density at radius 3 is 1.95 bits per heavy atom. The number of ether oxygens (including phenoxy) is 2. The normalized spacial score (nSPS) is 13.4. The van der Waals surface area contributed by atoms with Gasteiger partial charge in [-0.25, -0.2) is 22.0 Å². The van der Waals surface area contributed by atoms with E-state index in [1.807, 2.05) is 6.07 Å². The topological polar surface area (TPSA) is 51.2 Å². The molecule has 0 saturated carbocycles. The van der Waals surface area contributed by atoms with E-state index in [1.54, 1.807) is 36.3 Å². The third-order valence-electron chi connectivity index (χ3n) is 6.03. The minimum atomic E-state index is -2.23. The second-order valence-corrected chi connectivity index (χ2v) is 9.04. The summed E-state index contributed by atoms with van der Waals surface area (Å²) in [4.78, 5) is 15.5. The Kier molecular flexibility index (Phi) is 8.50. The van der Waals surface area contributed by atoms with Gasteiger partial charge in [0.15, 0.2) is 34.8 Å². The minimum absolute atomic E-state index is 0.00854. The highest BCUT2D eigenvalue weighted by atomic mass is 32.2. The van der Waals surface area contributed by atoms with E-state index in [-0.39, 0.29) is 30.1 Å². The highest BCUT2D eigenvalue weighted by Crippen LogP contribution is 2.33. The van der Waals surface area contributed by atoms with Crippen molar-refractivity contribution >= 4 is 23.6 Å². The van der Waals surface area contributed by atoms with Gasteiger partial charge in [-0.15, -0.1) is 0 Å². The second kappa shape index (κ2) is 11.8. The van der Waals surface area contributed by atoms with Gasteiger partial charge in [-0.05, 0) is 42.0 Å². The summed E-state index contributed by atoms with van der Waals surface area (Å²) in [6, 6.07) is 11.8. The number of hydrogen-bond donors (Lipinski definition) is 0. The summed E-state index contributed by atoms with van der Waals surface area (Å²) in [5.74, 6) is -8.92. The lowest BCUT2D eigenvalue weighted by Crippen LogP contribution is -2.49. The van der Waals surface area contributed by atoms with Gasteiger partial charge in [0, 0.05) is 31.9 Å². The van der Waals surface area contributed by atoms with Crippen molar-refractivity contribution in [1.82, 2.24) is 4.90 Å². The molecule has 0 aromatic heterocycles. The van der Waals surface area contributed by atoms with E-state index in [4.69, 9.17) is 13.7 Å². The number of anilines is 1. The zero-order chi connectivity index (χ0) is 27.4. The summed E-state index contributed by atoms with van der Waals surface area (Å²) in [5, 5.41) is 0. The molecule has 1 fully saturated rings. The highest BCUT2D eigenvalue weighted by Gasteiger charge is 2.27. The van der Waals surface area contributed by atoms with Gasteiger partial charge in [0.2, 0.25) is 11.7 Å². The minimum Gasteiger partial charge on any atom is -0.493 e. The molecule has 1 saturated heterocycles. The summed E-state index contributed by atoms with van der Waals surface area (Å²) in [6.07, 6.45) is 0.229. The molecule has 1 amide bonds. The van der Waals surface area contributed by atoms with Crippen LogP contribution in [0.4, 0.5) is 27.6 Å². The van der Waals surface area contributed by atoms with Crippen LogP contribution >= 0.6 is 12.0 Å². The van der Waals surface area contributed by atoms with Crippen molar-refractivity contribution in [2.75, 3.05) is 45.3 Å². The second-order valence-electron chi connectivity index (χ2n) is 8.29. The predicted molar refractivity (Wildman–Crippen MR) is 131 cm³/mol. The molecule has 0 bridgehead atoms. The SMILES string of the molecule is COc1ccc(CC(=O)N2CCN(c3ccc(OSc4c(F)c(F)c(F)c(F)c4F)cc3)CC2)cc1OC. The van der Waals surface area contributed by atoms with Gasteiger partial charge in [0.1, 0.15) is 10.6 Å². The molecule has 1 aliphatic rings. The van der Waals surface area contributed by atoms with Gasteiger partial charge in [-0.3, -0.25) is 4.79 Å². The predicted octanol–water partition coefficient (Wildman–Crippen LogP) is 5.38. The summed E-state index contributed by atoms with van der Waals surface area (Å²) in [5.41, 5.74) is 1.64. The van der Waals surface area contributed by atoms with Gasteiger partial charge in [-0.1, -0.05) is 6.07 Å². The van der Waals surface area contributed by atoms with Gasteiger partial charge >= 0.3 is 0 Å². The number of carbonyl (C=O) groups is 1. The molecule has 3 aromatic carbocycles. The van der Waals surface area contributed by atoms with E-state index in [1.165, 1.54) is 19.2 Å². The smallest absolute Gasteiger partial charge is 0.227 e. The molecule has 202 valence electrons. The monoisotopic (exact) mass is 554 g/mol. The molecule has 3 aromatic rings. The van der Waals surface area contributed by atoms with Crippen LogP contribution in [0.2, 0.25) is 0 Å². The largest absolute Gasteiger partial charge is 0.493 e. The summed E-state index contributed by atoms with van der Waals surface area (Å²) < 4.78 is 83.2. The van der Waals surface area contributed by atoms with E-state index in [0.717, 1.165) is 11.3 Å². The first-order valence-electron chi connectivity index (χ1n) is 11.4. The number of halogens is 5. The number of carbonyl (C=O) groups excluding carboxylic acids is 1. The Morgan fingerprint density at radius 2 is 1.37 bits per heavy atom. The van der Waals surface area contributed by atoms with E-state index >= 15 is 0 Å². The maximum atomic E-state index is 13.8. The van der Waals surface area contributed by atoms with Crippen LogP contribution in [-0.4, -0.2) is 51.2 Å². The van der Waals surface area contributed by atoms with E-state index in [0.29, 0.717) is 37.7 Å². The third-order valence-corrected chi connectivity index (χ3v) is 6.83. The molecule has 4 rings (SSSR count). The fourth-order valence-electron chi connectivity index (χ4n) is 3.95. The summed E-state index contributed by atoms with van der Waals surface area (Å²) in [6.45, 7) is 2.19. The van der Waals surface area contributed by atoms with Gasteiger partial charge in [0.05, 0.1) is 32.7 Å². The van der Waals surface area contributed by atoms with E-state index in [2.05, 4.69) is 4.90 Å². The molecule has 12 heteroatoms. The number of hydrogen-bond acceptors (Lipinski definition) is 6. The van der Waals surface area contributed by atoms with E-state index < -0.39 is 34.0 Å². The molecular formula is C26H23F5N2O4S. The van der Waals surface area contributed by atoms with Crippen molar-refractivity contribution in [2.45, 2.75) is 11.3 Å². The van der Waals surface area contributed by atoms with Gasteiger partial charge in [0.25, 0.3) is 0 Å².